The van der Waals surface area contributed by atoms with Crippen molar-refractivity contribution in [1.82, 2.24) is 0 Å². The van der Waals surface area contributed by atoms with Gasteiger partial charge >= 0.3 is 5.97 Å². The Morgan fingerprint density at radius 3 is 2.50 bits per heavy atom. The average molecular weight is 269 g/mol. The van der Waals surface area contributed by atoms with E-state index in [2.05, 4.69) is 16.6 Å². The number of carbonyl (C=O) groups is 1. The number of rotatable bonds is 1. The molecule has 0 aromatic heterocycles. The second-order valence-electron chi connectivity index (χ2n) is 4.80. The van der Waals surface area contributed by atoms with Gasteiger partial charge in [-0.3, -0.25) is 0 Å². The smallest absolute Gasteiger partial charge is 0.339 e. The predicted molar refractivity (Wildman–Crippen MR) is 69.1 cm³/mol. The number of carbonyl (C=O) groups excluding carboxylic acids is 1. The summed E-state index contributed by atoms with van der Waals surface area (Å²) in [5.74, 6) is 4.36. The number of hydrogen-bond acceptors (Lipinski definition) is 2. The second-order valence-corrected chi connectivity index (χ2v) is 5.21. The fourth-order valence-electron chi connectivity index (χ4n) is 1.16. The van der Waals surface area contributed by atoms with Gasteiger partial charge in [0.05, 0.1) is 23.3 Å². The second kappa shape index (κ2) is 5.41. The normalized spacial score (nSPS) is 10.6. The van der Waals surface area contributed by atoms with Gasteiger partial charge in [0.25, 0.3) is 0 Å². The summed E-state index contributed by atoms with van der Waals surface area (Å²) in [7, 11) is 1.21. The minimum absolute atomic E-state index is 0.00187. The number of benzene rings is 1. The van der Waals surface area contributed by atoms with Gasteiger partial charge in [0.15, 0.2) is 0 Å². The van der Waals surface area contributed by atoms with E-state index >= 15 is 0 Å². The van der Waals surface area contributed by atoms with Crippen molar-refractivity contribution in [2.45, 2.75) is 20.8 Å². The molecule has 0 atom stereocenters. The minimum Gasteiger partial charge on any atom is -0.465 e. The monoisotopic (exact) mass is 268 g/mol. The molecular weight excluding hydrogens is 255 g/mol. The van der Waals surface area contributed by atoms with Crippen molar-refractivity contribution in [3.63, 3.8) is 0 Å². The summed E-state index contributed by atoms with van der Waals surface area (Å²) in [4.78, 5) is 11.3. The third-order valence-corrected chi connectivity index (χ3v) is 2.35. The Labute approximate surface area is 111 Å². The molecule has 0 N–H and O–H groups in total. The molecule has 0 saturated carbocycles. The summed E-state index contributed by atoms with van der Waals surface area (Å²) in [5, 5.41) is 0.126. The van der Waals surface area contributed by atoms with Crippen LogP contribution in [0.15, 0.2) is 12.1 Å². The molecule has 0 radical (unpaired) electrons. The molecule has 0 saturated heterocycles. The first-order chi connectivity index (χ1) is 8.24. The van der Waals surface area contributed by atoms with Crippen molar-refractivity contribution in [1.29, 1.82) is 0 Å². The van der Waals surface area contributed by atoms with Crippen LogP contribution < -0.4 is 0 Å². The predicted octanol–water partition coefficient (Wildman–Crippen LogP) is 3.66. The Kier molecular flexibility index (Phi) is 4.37. The maximum atomic E-state index is 13.7. The first-order valence-corrected chi connectivity index (χ1v) is 5.73. The Bertz CT molecular complexity index is 533. The third-order valence-electron chi connectivity index (χ3n) is 2.03. The topological polar surface area (TPSA) is 26.3 Å². The summed E-state index contributed by atoms with van der Waals surface area (Å²) in [6.45, 7) is 5.76. The van der Waals surface area contributed by atoms with Crippen molar-refractivity contribution >= 4 is 17.6 Å². The molecule has 4 heteroatoms. The summed E-state index contributed by atoms with van der Waals surface area (Å²) >= 11 is 5.89. The van der Waals surface area contributed by atoms with Crippen LogP contribution in [0.25, 0.3) is 0 Å². The molecule has 0 aliphatic carbocycles. The molecule has 0 aliphatic rings. The van der Waals surface area contributed by atoms with Crippen LogP contribution in [-0.4, -0.2) is 13.1 Å². The van der Waals surface area contributed by atoms with E-state index in [4.69, 9.17) is 11.6 Å². The van der Waals surface area contributed by atoms with Gasteiger partial charge in [-0.05, 0) is 32.9 Å². The molecule has 0 heterocycles. The van der Waals surface area contributed by atoms with Crippen LogP contribution >= 0.6 is 11.6 Å². The fraction of sp³-hybridized carbons (Fsp3) is 0.357. The molecule has 0 unspecified atom stereocenters. The van der Waals surface area contributed by atoms with Gasteiger partial charge in [-0.1, -0.05) is 23.4 Å². The molecule has 18 heavy (non-hydrogen) atoms. The van der Waals surface area contributed by atoms with E-state index in [-0.39, 0.29) is 21.6 Å². The van der Waals surface area contributed by atoms with E-state index in [0.29, 0.717) is 0 Å². The Balaban J connectivity index is 3.22. The summed E-state index contributed by atoms with van der Waals surface area (Å²) in [5.41, 5.74) is -0.0690. The number of ether oxygens (including phenoxy) is 1. The lowest BCUT2D eigenvalue weighted by Crippen LogP contribution is -2.04. The van der Waals surface area contributed by atoms with E-state index in [9.17, 15) is 9.18 Å². The van der Waals surface area contributed by atoms with Crippen molar-refractivity contribution in [3.8, 4) is 11.8 Å². The Morgan fingerprint density at radius 2 is 2.00 bits per heavy atom. The van der Waals surface area contributed by atoms with E-state index in [1.807, 2.05) is 20.8 Å². The molecule has 0 spiro atoms. The highest BCUT2D eigenvalue weighted by atomic mass is 35.5. The number of methoxy groups -OCH3 is 1. The first kappa shape index (κ1) is 14.5. The molecule has 1 aromatic carbocycles. The quantitative estimate of drug-likeness (QED) is 0.574. The summed E-state index contributed by atoms with van der Waals surface area (Å²) in [6, 6.07) is 2.38. The van der Waals surface area contributed by atoms with Gasteiger partial charge in [-0.15, -0.1) is 0 Å². The van der Waals surface area contributed by atoms with E-state index < -0.39 is 11.8 Å². The van der Waals surface area contributed by atoms with Gasteiger partial charge in [0.2, 0.25) is 0 Å². The zero-order valence-corrected chi connectivity index (χ0v) is 11.5. The summed E-state index contributed by atoms with van der Waals surface area (Å²) < 4.78 is 18.2. The third kappa shape index (κ3) is 3.75. The van der Waals surface area contributed by atoms with Crippen LogP contribution in [0, 0.1) is 23.1 Å². The van der Waals surface area contributed by atoms with Gasteiger partial charge in [0.1, 0.15) is 5.82 Å². The van der Waals surface area contributed by atoms with Crippen molar-refractivity contribution in [2.24, 2.45) is 5.41 Å². The van der Waals surface area contributed by atoms with Crippen LogP contribution in [-0.2, 0) is 4.74 Å². The fourth-order valence-corrected chi connectivity index (χ4v) is 1.40. The zero-order chi connectivity index (χ0) is 13.9. The molecule has 0 fully saturated rings. The number of esters is 1. The van der Waals surface area contributed by atoms with Crippen LogP contribution in [0.3, 0.4) is 0 Å². The maximum Gasteiger partial charge on any atom is 0.339 e. The first-order valence-electron chi connectivity index (χ1n) is 5.35. The van der Waals surface area contributed by atoms with E-state index in [1.54, 1.807) is 0 Å². The lowest BCUT2D eigenvalue weighted by Gasteiger charge is -2.07. The highest BCUT2D eigenvalue weighted by molar-refractivity contribution is 6.33. The van der Waals surface area contributed by atoms with Gasteiger partial charge < -0.3 is 4.74 Å². The molecule has 96 valence electrons. The molecular formula is C14H14ClFO2. The highest BCUT2D eigenvalue weighted by Crippen LogP contribution is 2.21. The summed E-state index contributed by atoms with van der Waals surface area (Å²) in [6.07, 6.45) is 0. The number of halogens is 2. The van der Waals surface area contributed by atoms with Crippen LogP contribution in [0.2, 0.25) is 5.02 Å². The van der Waals surface area contributed by atoms with Crippen molar-refractivity contribution in [3.05, 3.63) is 34.1 Å². The Morgan fingerprint density at radius 1 is 1.39 bits per heavy atom. The van der Waals surface area contributed by atoms with Crippen molar-refractivity contribution < 1.29 is 13.9 Å². The van der Waals surface area contributed by atoms with Crippen LogP contribution in [0.4, 0.5) is 4.39 Å². The van der Waals surface area contributed by atoms with E-state index in [1.165, 1.54) is 13.2 Å². The molecule has 0 amide bonds. The molecule has 1 aromatic rings. The lowest BCUT2D eigenvalue weighted by atomic mass is 9.97. The highest BCUT2D eigenvalue weighted by Gasteiger charge is 2.14. The van der Waals surface area contributed by atoms with E-state index in [0.717, 1.165) is 6.07 Å². The number of hydrogen-bond donors (Lipinski definition) is 0. The standard InChI is InChI=1S/C14H14ClFO2/c1-14(2,3)6-5-9-7-11(15)10(8-12(9)16)13(17)18-4/h7-8H,1-4H3. The van der Waals surface area contributed by atoms with Gasteiger partial charge in [-0.2, -0.15) is 0 Å². The minimum atomic E-state index is -0.672. The molecule has 0 aliphatic heterocycles. The largest absolute Gasteiger partial charge is 0.465 e. The molecule has 2 nitrogen and oxygen atoms in total. The van der Waals surface area contributed by atoms with Crippen molar-refractivity contribution in [2.75, 3.05) is 7.11 Å². The SMILES string of the molecule is COC(=O)c1cc(F)c(C#CC(C)(C)C)cc1Cl. The molecule has 0 bridgehead atoms. The lowest BCUT2D eigenvalue weighted by molar-refractivity contribution is 0.0600. The maximum absolute atomic E-state index is 13.7. The molecule has 1 rings (SSSR count). The Hall–Kier alpha value is -1.53. The zero-order valence-electron chi connectivity index (χ0n) is 10.7. The van der Waals surface area contributed by atoms with Crippen LogP contribution in [0.1, 0.15) is 36.7 Å². The van der Waals surface area contributed by atoms with Crippen LogP contribution in [0.5, 0.6) is 0 Å². The average Bonchev–Trinajstić information content (AvgIpc) is 2.27. The van der Waals surface area contributed by atoms with Gasteiger partial charge in [-0.25, -0.2) is 9.18 Å². The van der Waals surface area contributed by atoms with Gasteiger partial charge in [0, 0.05) is 5.41 Å².